The summed E-state index contributed by atoms with van der Waals surface area (Å²) in [6, 6.07) is 3.64. The molecule has 0 aromatic carbocycles. The van der Waals surface area contributed by atoms with Gasteiger partial charge in [-0.3, -0.25) is 4.79 Å². The van der Waals surface area contributed by atoms with E-state index in [1.807, 2.05) is 13.0 Å². The van der Waals surface area contributed by atoms with E-state index in [4.69, 9.17) is 4.52 Å². The summed E-state index contributed by atoms with van der Waals surface area (Å²) in [6.45, 7) is 3.94. The summed E-state index contributed by atoms with van der Waals surface area (Å²) in [6.07, 6.45) is 1.37. The maximum Gasteiger partial charge on any atom is 0.227 e. The Morgan fingerprint density at radius 1 is 1.37 bits per heavy atom. The molecule has 0 unspecified atom stereocenters. The molecule has 2 heterocycles. The number of rotatable bonds is 5. The van der Waals surface area contributed by atoms with Crippen LogP contribution in [0.5, 0.6) is 0 Å². The number of nitrogens with zero attached hydrogens (tertiary/aromatic N) is 4. The molecule has 7 heteroatoms. The number of nitrogens with one attached hydrogen (secondary N) is 1. The van der Waals surface area contributed by atoms with Crippen LogP contribution < -0.4 is 5.32 Å². The van der Waals surface area contributed by atoms with Crippen LogP contribution in [0.15, 0.2) is 16.7 Å². The van der Waals surface area contributed by atoms with E-state index < -0.39 is 0 Å². The van der Waals surface area contributed by atoms with Crippen molar-refractivity contribution in [1.82, 2.24) is 25.7 Å². The van der Waals surface area contributed by atoms with E-state index in [1.54, 1.807) is 6.07 Å². The van der Waals surface area contributed by atoms with E-state index in [0.29, 0.717) is 30.4 Å². The maximum absolute atomic E-state index is 10.7. The van der Waals surface area contributed by atoms with Crippen molar-refractivity contribution in [2.24, 2.45) is 0 Å². The number of aryl methyl sites for hydroxylation is 2. The summed E-state index contributed by atoms with van der Waals surface area (Å²) in [5, 5.41) is 14.5. The molecule has 1 amide bonds. The van der Waals surface area contributed by atoms with Gasteiger partial charge in [0.25, 0.3) is 0 Å². The Morgan fingerprint density at radius 3 is 2.89 bits per heavy atom. The van der Waals surface area contributed by atoms with E-state index in [9.17, 15) is 4.79 Å². The van der Waals surface area contributed by atoms with E-state index >= 15 is 0 Å². The first-order valence-corrected chi connectivity index (χ1v) is 6.03. The van der Waals surface area contributed by atoms with Gasteiger partial charge in [0.2, 0.25) is 17.6 Å². The first-order chi connectivity index (χ1) is 9.15. The van der Waals surface area contributed by atoms with Crippen molar-refractivity contribution in [3.8, 4) is 11.5 Å². The molecule has 100 valence electrons. The lowest BCUT2D eigenvalue weighted by Crippen LogP contribution is -2.21. The van der Waals surface area contributed by atoms with Crippen LogP contribution in [0.2, 0.25) is 0 Å². The van der Waals surface area contributed by atoms with Crippen molar-refractivity contribution in [3.05, 3.63) is 23.7 Å². The summed E-state index contributed by atoms with van der Waals surface area (Å²) < 4.78 is 5.11. The van der Waals surface area contributed by atoms with Gasteiger partial charge in [-0.25, -0.2) is 0 Å². The van der Waals surface area contributed by atoms with Gasteiger partial charge in [0.1, 0.15) is 5.69 Å². The Kier molecular flexibility index (Phi) is 4.17. The molecule has 0 radical (unpaired) electrons. The molecule has 0 aliphatic carbocycles. The number of carbonyl (C=O) groups excluding carboxylic acids is 1. The first-order valence-electron chi connectivity index (χ1n) is 6.03. The third kappa shape index (κ3) is 3.84. The van der Waals surface area contributed by atoms with Gasteiger partial charge in [-0.15, -0.1) is 5.10 Å². The van der Waals surface area contributed by atoms with Crippen LogP contribution in [-0.2, 0) is 11.2 Å². The highest BCUT2D eigenvalue weighted by molar-refractivity contribution is 5.72. The predicted octanol–water partition coefficient (Wildman–Crippen LogP) is 0.904. The molecule has 19 heavy (non-hydrogen) atoms. The zero-order valence-electron chi connectivity index (χ0n) is 10.9. The second-order valence-electron chi connectivity index (χ2n) is 4.16. The smallest absolute Gasteiger partial charge is 0.227 e. The summed E-state index contributed by atoms with van der Waals surface area (Å²) >= 11 is 0. The van der Waals surface area contributed by atoms with Crippen LogP contribution in [0.4, 0.5) is 0 Å². The van der Waals surface area contributed by atoms with E-state index in [1.165, 1.54) is 6.92 Å². The zero-order valence-corrected chi connectivity index (χ0v) is 10.9. The largest absolute Gasteiger partial charge is 0.356 e. The minimum atomic E-state index is -0.0406. The predicted molar refractivity (Wildman–Crippen MR) is 67.1 cm³/mol. The molecular weight excluding hydrogens is 246 g/mol. The van der Waals surface area contributed by atoms with Crippen molar-refractivity contribution in [2.75, 3.05) is 6.54 Å². The fourth-order valence-corrected chi connectivity index (χ4v) is 1.48. The molecule has 7 nitrogen and oxygen atoms in total. The minimum absolute atomic E-state index is 0.0406. The highest BCUT2D eigenvalue weighted by atomic mass is 16.5. The fraction of sp³-hybridized carbons (Fsp3) is 0.417. The quantitative estimate of drug-likeness (QED) is 0.804. The lowest BCUT2D eigenvalue weighted by atomic mass is 10.3. The van der Waals surface area contributed by atoms with Gasteiger partial charge in [-0.05, 0) is 25.5 Å². The van der Waals surface area contributed by atoms with Gasteiger partial charge < -0.3 is 9.84 Å². The zero-order chi connectivity index (χ0) is 13.7. The third-order valence-corrected chi connectivity index (χ3v) is 2.44. The number of hydrogen-bond acceptors (Lipinski definition) is 6. The van der Waals surface area contributed by atoms with Crippen LogP contribution >= 0.6 is 0 Å². The van der Waals surface area contributed by atoms with Gasteiger partial charge in [0, 0.05) is 19.9 Å². The summed E-state index contributed by atoms with van der Waals surface area (Å²) in [7, 11) is 0. The molecule has 0 saturated carbocycles. The molecule has 0 fully saturated rings. The van der Waals surface area contributed by atoms with E-state index in [-0.39, 0.29) is 5.91 Å². The van der Waals surface area contributed by atoms with E-state index in [2.05, 4.69) is 25.7 Å². The Balaban J connectivity index is 1.91. The number of aromatic nitrogens is 4. The molecule has 0 aliphatic rings. The average molecular weight is 261 g/mol. The molecule has 0 atom stereocenters. The molecular formula is C12H15N5O2. The highest BCUT2D eigenvalue weighted by Crippen LogP contribution is 2.12. The Hall–Kier alpha value is -2.31. The van der Waals surface area contributed by atoms with Crippen LogP contribution in [0.25, 0.3) is 11.5 Å². The highest BCUT2D eigenvalue weighted by Gasteiger charge is 2.09. The molecule has 0 saturated heterocycles. The topological polar surface area (TPSA) is 93.8 Å². The van der Waals surface area contributed by atoms with Crippen molar-refractivity contribution in [3.63, 3.8) is 0 Å². The van der Waals surface area contributed by atoms with Gasteiger partial charge in [0.15, 0.2) is 0 Å². The summed E-state index contributed by atoms with van der Waals surface area (Å²) in [5.41, 5.74) is 1.42. The van der Waals surface area contributed by atoms with Crippen LogP contribution in [-0.4, -0.2) is 32.8 Å². The maximum atomic E-state index is 10.7. The average Bonchev–Trinajstić information content (AvgIpc) is 2.84. The van der Waals surface area contributed by atoms with Crippen molar-refractivity contribution >= 4 is 5.91 Å². The Bertz CT molecular complexity index is 550. The fourth-order valence-electron chi connectivity index (χ4n) is 1.48. The molecule has 2 rings (SSSR count). The molecule has 1 N–H and O–H groups in total. The third-order valence-electron chi connectivity index (χ3n) is 2.44. The van der Waals surface area contributed by atoms with Crippen LogP contribution in [0, 0.1) is 6.92 Å². The first kappa shape index (κ1) is 13.1. The molecule has 0 aliphatic heterocycles. The van der Waals surface area contributed by atoms with Crippen molar-refractivity contribution in [2.45, 2.75) is 26.7 Å². The number of hydrogen-bond donors (Lipinski definition) is 1. The lowest BCUT2D eigenvalue weighted by Gasteiger charge is -1.98. The number of amides is 1. The Labute approximate surface area is 110 Å². The van der Waals surface area contributed by atoms with Crippen LogP contribution in [0.1, 0.15) is 24.9 Å². The van der Waals surface area contributed by atoms with E-state index in [0.717, 1.165) is 12.1 Å². The normalized spacial score (nSPS) is 10.4. The standard InChI is InChI=1S/C12H15N5O2/c1-8-5-6-10(16-15-8)12-14-11(19-17-12)4-3-7-13-9(2)18/h5-6H,3-4,7H2,1-2H3,(H,13,18). The van der Waals surface area contributed by atoms with Gasteiger partial charge >= 0.3 is 0 Å². The van der Waals surface area contributed by atoms with Crippen molar-refractivity contribution < 1.29 is 9.32 Å². The molecule has 2 aromatic heterocycles. The van der Waals surface area contributed by atoms with Gasteiger partial charge in [-0.1, -0.05) is 5.16 Å². The second kappa shape index (κ2) is 6.03. The second-order valence-corrected chi connectivity index (χ2v) is 4.16. The van der Waals surface area contributed by atoms with Crippen LogP contribution in [0.3, 0.4) is 0 Å². The minimum Gasteiger partial charge on any atom is -0.356 e. The Morgan fingerprint density at radius 2 is 2.21 bits per heavy atom. The van der Waals surface area contributed by atoms with Gasteiger partial charge in [0.05, 0.1) is 5.69 Å². The van der Waals surface area contributed by atoms with Gasteiger partial charge in [-0.2, -0.15) is 10.1 Å². The molecule has 0 bridgehead atoms. The monoisotopic (exact) mass is 261 g/mol. The summed E-state index contributed by atoms with van der Waals surface area (Å²) in [5.74, 6) is 0.922. The summed E-state index contributed by atoms with van der Waals surface area (Å²) in [4.78, 5) is 14.9. The molecule has 0 spiro atoms. The number of carbonyl (C=O) groups is 1. The SMILES string of the molecule is CC(=O)NCCCc1nc(-c2ccc(C)nn2)no1. The lowest BCUT2D eigenvalue weighted by molar-refractivity contribution is -0.118. The van der Waals surface area contributed by atoms with Crippen molar-refractivity contribution in [1.29, 1.82) is 0 Å². The molecule has 2 aromatic rings.